The lowest BCUT2D eigenvalue weighted by atomic mass is 10.1. The van der Waals surface area contributed by atoms with Gasteiger partial charge in [-0.15, -0.1) is 12.4 Å². The Hall–Kier alpha value is -1.92. The van der Waals surface area contributed by atoms with Crippen LogP contribution in [0.5, 0.6) is 0 Å². The van der Waals surface area contributed by atoms with E-state index in [2.05, 4.69) is 10.3 Å². The molecule has 1 aliphatic rings. The summed E-state index contributed by atoms with van der Waals surface area (Å²) in [6, 6.07) is 5.10. The molecule has 1 atom stereocenters. The Balaban J connectivity index is 0.00000176. The maximum atomic E-state index is 13.2. The lowest BCUT2D eigenvalue weighted by Gasteiger charge is -2.12. The molecule has 1 amide bonds. The van der Waals surface area contributed by atoms with E-state index in [4.69, 9.17) is 5.73 Å². The van der Waals surface area contributed by atoms with E-state index in [9.17, 15) is 14.0 Å². The van der Waals surface area contributed by atoms with Gasteiger partial charge in [0, 0.05) is 24.0 Å². The van der Waals surface area contributed by atoms with E-state index in [1.54, 1.807) is 0 Å². The van der Waals surface area contributed by atoms with Crippen molar-refractivity contribution in [2.24, 2.45) is 11.7 Å². The van der Waals surface area contributed by atoms with Crippen LogP contribution < -0.4 is 16.6 Å². The van der Waals surface area contributed by atoms with Gasteiger partial charge in [-0.3, -0.25) is 9.59 Å². The molecule has 5 nitrogen and oxygen atoms in total. The molecule has 1 unspecified atom stereocenters. The van der Waals surface area contributed by atoms with E-state index in [0.29, 0.717) is 23.4 Å². The molecular weight excluding hydrogens is 309 g/mol. The molecule has 4 N–H and O–H groups in total. The monoisotopic (exact) mass is 325 g/mol. The third-order valence-electron chi connectivity index (χ3n) is 3.78. The number of halogens is 2. The fourth-order valence-electron chi connectivity index (χ4n) is 2.42. The average Bonchev–Trinajstić information content (AvgIpc) is 3.27. The van der Waals surface area contributed by atoms with Crippen LogP contribution in [-0.2, 0) is 0 Å². The zero-order valence-corrected chi connectivity index (χ0v) is 12.6. The summed E-state index contributed by atoms with van der Waals surface area (Å²) in [6.45, 7) is 0.374. The fraction of sp³-hybridized carbons (Fsp3) is 0.333. The van der Waals surface area contributed by atoms with Gasteiger partial charge in [0.2, 0.25) is 5.56 Å². The quantitative estimate of drug-likeness (QED) is 0.797. The van der Waals surface area contributed by atoms with Gasteiger partial charge in [-0.2, -0.15) is 0 Å². The Labute approximate surface area is 132 Å². The number of rotatable bonds is 4. The van der Waals surface area contributed by atoms with E-state index >= 15 is 0 Å². The predicted octanol–water partition coefficient (Wildman–Crippen LogP) is 1.56. The first-order valence-electron chi connectivity index (χ1n) is 6.91. The molecular formula is C15H17ClFN3O2. The molecule has 1 aromatic carbocycles. The Morgan fingerprint density at radius 1 is 1.41 bits per heavy atom. The lowest BCUT2D eigenvalue weighted by Crippen LogP contribution is -2.38. The van der Waals surface area contributed by atoms with Crippen LogP contribution in [0.2, 0.25) is 0 Å². The largest absolute Gasteiger partial charge is 0.350 e. The summed E-state index contributed by atoms with van der Waals surface area (Å²) in [5, 5.41) is 3.25. The van der Waals surface area contributed by atoms with Gasteiger partial charge in [0.25, 0.3) is 5.91 Å². The SMILES string of the molecule is Cl.NC(CNC(=O)c1cc(=O)[nH]c2cc(F)ccc12)C1CC1. The third-order valence-corrected chi connectivity index (χ3v) is 3.78. The smallest absolute Gasteiger partial charge is 0.252 e. The highest BCUT2D eigenvalue weighted by molar-refractivity contribution is 6.05. The number of carbonyl (C=O) groups excluding carboxylic acids is 1. The van der Waals surface area contributed by atoms with Gasteiger partial charge in [-0.1, -0.05) is 0 Å². The van der Waals surface area contributed by atoms with Crippen molar-refractivity contribution in [1.82, 2.24) is 10.3 Å². The first-order chi connectivity index (χ1) is 10.0. The van der Waals surface area contributed by atoms with E-state index in [-0.39, 0.29) is 29.9 Å². The minimum Gasteiger partial charge on any atom is -0.350 e. The van der Waals surface area contributed by atoms with Crippen LogP contribution in [0.4, 0.5) is 4.39 Å². The van der Waals surface area contributed by atoms with Gasteiger partial charge in [0.1, 0.15) is 5.82 Å². The Bertz CT molecular complexity index is 758. The van der Waals surface area contributed by atoms with Crippen LogP contribution in [0.1, 0.15) is 23.2 Å². The molecule has 1 aromatic heterocycles. The van der Waals surface area contributed by atoms with Crippen molar-refractivity contribution < 1.29 is 9.18 Å². The second-order valence-electron chi connectivity index (χ2n) is 5.45. The van der Waals surface area contributed by atoms with Gasteiger partial charge in [-0.05, 0) is 37.0 Å². The van der Waals surface area contributed by atoms with E-state index in [0.717, 1.165) is 12.8 Å². The molecule has 1 saturated carbocycles. The van der Waals surface area contributed by atoms with E-state index < -0.39 is 11.4 Å². The average molecular weight is 326 g/mol. The zero-order chi connectivity index (χ0) is 15.0. The molecule has 3 rings (SSSR count). The second kappa shape index (κ2) is 6.46. The minimum atomic E-state index is -0.466. The molecule has 0 aliphatic heterocycles. The molecule has 7 heteroatoms. The first-order valence-corrected chi connectivity index (χ1v) is 6.91. The third kappa shape index (κ3) is 3.45. The van der Waals surface area contributed by atoms with Crippen molar-refractivity contribution in [2.75, 3.05) is 6.54 Å². The molecule has 0 spiro atoms. The lowest BCUT2D eigenvalue weighted by molar-refractivity contribution is 0.0951. The molecule has 2 aromatic rings. The fourth-order valence-corrected chi connectivity index (χ4v) is 2.42. The van der Waals surface area contributed by atoms with Crippen LogP contribution >= 0.6 is 12.4 Å². The highest BCUT2D eigenvalue weighted by Gasteiger charge is 2.28. The standard InChI is InChI=1S/C15H16FN3O2.ClH/c16-9-3-4-10-11(6-14(20)19-13(10)5-9)15(21)18-7-12(17)8-1-2-8;/h3-6,8,12H,1-2,7,17H2,(H,18,21)(H,19,20);1H. The number of H-pyrrole nitrogens is 1. The van der Waals surface area contributed by atoms with Crippen molar-refractivity contribution >= 4 is 29.2 Å². The van der Waals surface area contributed by atoms with Crippen LogP contribution in [0, 0.1) is 11.7 Å². The van der Waals surface area contributed by atoms with Gasteiger partial charge < -0.3 is 16.0 Å². The summed E-state index contributed by atoms with van der Waals surface area (Å²) in [6.07, 6.45) is 2.20. The summed E-state index contributed by atoms with van der Waals surface area (Å²) in [5.74, 6) is -0.351. The highest BCUT2D eigenvalue weighted by Crippen LogP contribution is 2.31. The first kappa shape index (κ1) is 16.5. The van der Waals surface area contributed by atoms with Crippen molar-refractivity contribution in [3.63, 3.8) is 0 Å². The van der Waals surface area contributed by atoms with Gasteiger partial charge in [-0.25, -0.2) is 4.39 Å². The summed E-state index contributed by atoms with van der Waals surface area (Å²) in [5.41, 5.74) is 6.03. The van der Waals surface area contributed by atoms with Crippen LogP contribution in [-0.4, -0.2) is 23.5 Å². The van der Waals surface area contributed by atoms with Crippen LogP contribution in [0.25, 0.3) is 10.9 Å². The maximum Gasteiger partial charge on any atom is 0.252 e. The van der Waals surface area contributed by atoms with E-state index in [1.165, 1.54) is 24.3 Å². The molecule has 1 aliphatic carbocycles. The van der Waals surface area contributed by atoms with E-state index in [1.807, 2.05) is 0 Å². The van der Waals surface area contributed by atoms with Crippen molar-refractivity contribution in [2.45, 2.75) is 18.9 Å². The Kier molecular flexibility index (Phi) is 4.83. The van der Waals surface area contributed by atoms with Gasteiger partial charge in [0.15, 0.2) is 0 Å². The zero-order valence-electron chi connectivity index (χ0n) is 11.8. The van der Waals surface area contributed by atoms with Crippen LogP contribution in [0.3, 0.4) is 0 Å². The number of nitrogens with two attached hydrogens (primary N) is 1. The molecule has 0 radical (unpaired) electrons. The second-order valence-corrected chi connectivity index (χ2v) is 5.45. The summed E-state index contributed by atoms with van der Waals surface area (Å²) in [7, 11) is 0. The number of carbonyl (C=O) groups is 1. The molecule has 1 fully saturated rings. The Morgan fingerprint density at radius 2 is 2.14 bits per heavy atom. The Morgan fingerprint density at radius 3 is 2.82 bits per heavy atom. The molecule has 118 valence electrons. The molecule has 22 heavy (non-hydrogen) atoms. The van der Waals surface area contributed by atoms with Crippen molar-refractivity contribution in [1.29, 1.82) is 0 Å². The van der Waals surface area contributed by atoms with Crippen molar-refractivity contribution in [3.05, 3.63) is 46.0 Å². The number of aromatic amines is 1. The predicted molar refractivity (Wildman–Crippen MR) is 84.8 cm³/mol. The number of nitrogens with one attached hydrogen (secondary N) is 2. The van der Waals surface area contributed by atoms with Crippen molar-refractivity contribution in [3.8, 4) is 0 Å². The summed E-state index contributed by atoms with van der Waals surface area (Å²) in [4.78, 5) is 26.3. The van der Waals surface area contributed by atoms with Gasteiger partial charge >= 0.3 is 0 Å². The topological polar surface area (TPSA) is 88.0 Å². The number of fused-ring (bicyclic) bond motifs is 1. The number of hydrogen-bond donors (Lipinski definition) is 3. The molecule has 1 heterocycles. The number of benzene rings is 1. The summed E-state index contributed by atoms with van der Waals surface area (Å²) < 4.78 is 13.2. The van der Waals surface area contributed by atoms with Crippen LogP contribution in [0.15, 0.2) is 29.1 Å². The number of amides is 1. The molecule has 0 bridgehead atoms. The minimum absolute atomic E-state index is 0. The maximum absolute atomic E-state index is 13.2. The molecule has 0 saturated heterocycles. The number of pyridine rings is 1. The van der Waals surface area contributed by atoms with Gasteiger partial charge in [0.05, 0.1) is 11.1 Å². The summed E-state index contributed by atoms with van der Waals surface area (Å²) >= 11 is 0. The number of aromatic nitrogens is 1. The normalized spacial score (nSPS) is 15.2. The number of hydrogen-bond acceptors (Lipinski definition) is 3. The highest BCUT2D eigenvalue weighted by atomic mass is 35.5.